The van der Waals surface area contributed by atoms with Gasteiger partial charge in [0.2, 0.25) is 0 Å². The number of halogens is 5. The Morgan fingerprint density at radius 2 is 1.83 bits per heavy atom. The molecule has 1 aromatic carbocycles. The Labute approximate surface area is 147 Å². The number of alkyl halides is 3. The molecule has 2 nitrogen and oxygen atoms in total. The van der Waals surface area contributed by atoms with Crippen LogP contribution in [-0.4, -0.2) is 31.1 Å². The summed E-state index contributed by atoms with van der Waals surface area (Å²) in [6, 6.07) is 3.34. The van der Waals surface area contributed by atoms with Gasteiger partial charge in [-0.25, -0.2) is 4.39 Å². The Morgan fingerprint density at radius 1 is 1.17 bits per heavy atom. The average molecular weight is 369 g/mol. The minimum atomic E-state index is -4.67. The Bertz CT molecular complexity index is 502. The molecule has 0 amide bonds. The number of benzene rings is 1. The SMILES string of the molecule is CCCCC[C@@H](c1cccc(F)c1C(F)(F)F)N1CCNCC1.Cl. The highest BCUT2D eigenvalue weighted by Gasteiger charge is 2.39. The lowest BCUT2D eigenvalue weighted by Crippen LogP contribution is -2.45. The number of rotatable bonds is 6. The number of piperazine rings is 1. The summed E-state index contributed by atoms with van der Waals surface area (Å²) in [6.45, 7) is 4.93. The van der Waals surface area contributed by atoms with Gasteiger partial charge in [-0.05, 0) is 18.1 Å². The minimum Gasteiger partial charge on any atom is -0.314 e. The van der Waals surface area contributed by atoms with E-state index in [1.165, 1.54) is 12.1 Å². The topological polar surface area (TPSA) is 15.3 Å². The third-order valence-electron chi connectivity index (χ3n) is 4.36. The van der Waals surface area contributed by atoms with E-state index in [0.29, 0.717) is 19.5 Å². The van der Waals surface area contributed by atoms with Crippen molar-refractivity contribution in [1.29, 1.82) is 0 Å². The molecule has 7 heteroatoms. The molecule has 0 spiro atoms. The summed E-state index contributed by atoms with van der Waals surface area (Å²) in [4.78, 5) is 2.05. The van der Waals surface area contributed by atoms with E-state index in [9.17, 15) is 17.6 Å². The van der Waals surface area contributed by atoms with Crippen LogP contribution in [0.1, 0.15) is 49.8 Å². The summed E-state index contributed by atoms with van der Waals surface area (Å²) < 4.78 is 54.0. The lowest BCUT2D eigenvalue weighted by Gasteiger charge is -2.36. The van der Waals surface area contributed by atoms with Crippen molar-refractivity contribution in [2.24, 2.45) is 0 Å². The number of nitrogens with zero attached hydrogens (tertiary/aromatic N) is 1. The zero-order chi connectivity index (χ0) is 16.9. The lowest BCUT2D eigenvalue weighted by molar-refractivity contribution is -0.141. The van der Waals surface area contributed by atoms with Gasteiger partial charge in [-0.15, -0.1) is 12.4 Å². The Hall–Kier alpha value is -0.850. The van der Waals surface area contributed by atoms with Crippen molar-refractivity contribution in [2.75, 3.05) is 26.2 Å². The monoisotopic (exact) mass is 368 g/mol. The van der Waals surface area contributed by atoms with Crippen LogP contribution < -0.4 is 5.32 Å². The van der Waals surface area contributed by atoms with Crippen molar-refractivity contribution in [3.8, 4) is 0 Å². The average Bonchev–Trinajstić information content (AvgIpc) is 2.51. The fourth-order valence-corrected chi connectivity index (χ4v) is 3.23. The van der Waals surface area contributed by atoms with Crippen LogP contribution in [0.5, 0.6) is 0 Å². The van der Waals surface area contributed by atoms with Crippen LogP contribution in [0.4, 0.5) is 17.6 Å². The number of hydrogen-bond acceptors (Lipinski definition) is 2. The van der Waals surface area contributed by atoms with Gasteiger partial charge in [0.25, 0.3) is 0 Å². The quantitative estimate of drug-likeness (QED) is 0.573. The molecule has 1 aliphatic heterocycles. The first-order valence-corrected chi connectivity index (χ1v) is 8.25. The van der Waals surface area contributed by atoms with Crippen LogP contribution in [0.25, 0.3) is 0 Å². The molecule has 1 aromatic rings. The molecule has 0 saturated carbocycles. The summed E-state index contributed by atoms with van der Waals surface area (Å²) in [7, 11) is 0. The van der Waals surface area contributed by atoms with E-state index in [2.05, 4.69) is 17.1 Å². The molecule has 24 heavy (non-hydrogen) atoms. The van der Waals surface area contributed by atoms with E-state index >= 15 is 0 Å². The molecular formula is C17H25ClF4N2. The van der Waals surface area contributed by atoms with Crippen molar-refractivity contribution >= 4 is 12.4 Å². The maximum Gasteiger partial charge on any atom is 0.419 e. The molecule has 1 aliphatic rings. The smallest absolute Gasteiger partial charge is 0.314 e. The molecule has 0 radical (unpaired) electrons. The van der Waals surface area contributed by atoms with Crippen molar-refractivity contribution in [2.45, 2.75) is 44.8 Å². The van der Waals surface area contributed by atoms with Gasteiger partial charge in [0, 0.05) is 32.2 Å². The second-order valence-corrected chi connectivity index (χ2v) is 6.00. The standard InChI is InChI=1S/C17H24F4N2.ClH/c1-2-3-4-8-15(23-11-9-22-10-12-23)13-6-5-7-14(18)16(13)17(19,20)21;/h5-7,15,22H,2-4,8-12H2,1H3;1H/t15-;/m0./s1. The summed E-state index contributed by atoms with van der Waals surface area (Å²) in [5, 5.41) is 3.21. The van der Waals surface area contributed by atoms with Gasteiger partial charge in [-0.3, -0.25) is 4.90 Å². The normalized spacial score (nSPS) is 17.4. The van der Waals surface area contributed by atoms with Gasteiger partial charge in [0.15, 0.2) is 0 Å². The maximum atomic E-state index is 13.9. The molecule has 1 fully saturated rings. The number of hydrogen-bond donors (Lipinski definition) is 1. The van der Waals surface area contributed by atoms with Crippen molar-refractivity contribution in [1.82, 2.24) is 10.2 Å². The van der Waals surface area contributed by atoms with Crippen molar-refractivity contribution in [3.63, 3.8) is 0 Å². The molecule has 1 atom stereocenters. The van der Waals surface area contributed by atoms with E-state index in [1.54, 1.807) is 0 Å². The fourth-order valence-electron chi connectivity index (χ4n) is 3.23. The van der Waals surface area contributed by atoms with E-state index in [4.69, 9.17) is 0 Å². The van der Waals surface area contributed by atoms with Crippen molar-refractivity contribution < 1.29 is 17.6 Å². The fraction of sp³-hybridized carbons (Fsp3) is 0.647. The Morgan fingerprint density at radius 3 is 2.42 bits per heavy atom. The molecule has 1 saturated heterocycles. The highest BCUT2D eigenvalue weighted by Crippen LogP contribution is 2.39. The van der Waals surface area contributed by atoms with E-state index in [1.807, 2.05) is 0 Å². The lowest BCUT2D eigenvalue weighted by atomic mass is 9.93. The number of unbranched alkanes of at least 4 members (excludes halogenated alkanes) is 2. The Balaban J connectivity index is 0.00000288. The zero-order valence-electron chi connectivity index (χ0n) is 13.8. The van der Waals surface area contributed by atoms with E-state index in [0.717, 1.165) is 38.4 Å². The minimum absolute atomic E-state index is 0. The largest absolute Gasteiger partial charge is 0.419 e. The highest BCUT2D eigenvalue weighted by atomic mass is 35.5. The van der Waals surface area contributed by atoms with Crippen LogP contribution in [0.2, 0.25) is 0 Å². The zero-order valence-corrected chi connectivity index (χ0v) is 14.7. The van der Waals surface area contributed by atoms with Crippen LogP contribution in [0.15, 0.2) is 18.2 Å². The summed E-state index contributed by atoms with van der Waals surface area (Å²) in [5.41, 5.74) is -1.02. The summed E-state index contributed by atoms with van der Waals surface area (Å²) in [6.07, 6.45) is -1.22. The second kappa shape index (κ2) is 9.59. The van der Waals surface area contributed by atoms with Gasteiger partial charge in [-0.2, -0.15) is 13.2 Å². The first-order valence-electron chi connectivity index (χ1n) is 8.25. The molecule has 1 heterocycles. The van der Waals surface area contributed by atoms with Gasteiger partial charge in [0.1, 0.15) is 5.82 Å². The Kier molecular flexibility index (Phi) is 8.46. The molecule has 0 aliphatic carbocycles. The third kappa shape index (κ3) is 5.33. The molecule has 1 N–H and O–H groups in total. The van der Waals surface area contributed by atoms with Gasteiger partial charge < -0.3 is 5.32 Å². The molecule has 0 unspecified atom stereocenters. The first-order chi connectivity index (χ1) is 10.9. The van der Waals surface area contributed by atoms with Crippen LogP contribution in [0.3, 0.4) is 0 Å². The van der Waals surface area contributed by atoms with E-state index in [-0.39, 0.29) is 24.0 Å². The summed E-state index contributed by atoms with van der Waals surface area (Å²) in [5.74, 6) is -1.18. The maximum absolute atomic E-state index is 13.9. The van der Waals surface area contributed by atoms with Crippen molar-refractivity contribution in [3.05, 3.63) is 35.1 Å². The van der Waals surface area contributed by atoms with Gasteiger partial charge in [-0.1, -0.05) is 38.3 Å². The third-order valence-corrected chi connectivity index (χ3v) is 4.36. The van der Waals surface area contributed by atoms with Gasteiger partial charge >= 0.3 is 6.18 Å². The van der Waals surface area contributed by atoms with Crippen LogP contribution in [-0.2, 0) is 6.18 Å². The predicted molar refractivity (Wildman–Crippen MR) is 90.0 cm³/mol. The predicted octanol–water partition coefficient (Wildman–Crippen LogP) is 4.79. The highest BCUT2D eigenvalue weighted by molar-refractivity contribution is 5.85. The molecule has 138 valence electrons. The number of nitrogens with one attached hydrogen (secondary N) is 1. The summed E-state index contributed by atoms with van der Waals surface area (Å²) >= 11 is 0. The second-order valence-electron chi connectivity index (χ2n) is 6.00. The molecular weight excluding hydrogens is 344 g/mol. The molecule has 0 bridgehead atoms. The van der Waals surface area contributed by atoms with Gasteiger partial charge in [0.05, 0.1) is 5.56 Å². The molecule has 2 rings (SSSR count). The molecule has 0 aromatic heterocycles. The van der Waals surface area contributed by atoms with E-state index < -0.39 is 17.6 Å². The van der Waals surface area contributed by atoms with Crippen LogP contribution >= 0.6 is 12.4 Å². The first kappa shape index (κ1) is 21.2. The van der Waals surface area contributed by atoms with Crippen LogP contribution in [0, 0.1) is 5.82 Å².